The number of carbonyl (C=O) groups excluding carboxylic acids is 2. The molecule has 0 spiro atoms. The average Bonchev–Trinajstić information content (AvgIpc) is 3.55. The third kappa shape index (κ3) is 4.92. The topological polar surface area (TPSA) is 86.8 Å². The molecule has 2 fully saturated rings. The van der Waals surface area contributed by atoms with Crippen LogP contribution in [0, 0.1) is 11.8 Å². The molecule has 1 atom stereocenters. The lowest BCUT2D eigenvalue weighted by atomic mass is 9.96. The van der Waals surface area contributed by atoms with Crippen molar-refractivity contribution in [2.75, 3.05) is 31.5 Å². The Morgan fingerprint density at radius 2 is 1.86 bits per heavy atom. The Hall–Kier alpha value is -1.64. The summed E-state index contributed by atoms with van der Waals surface area (Å²) < 4.78 is 26.9. The summed E-state index contributed by atoms with van der Waals surface area (Å²) >= 11 is 6.22. The van der Waals surface area contributed by atoms with Crippen LogP contribution in [0.2, 0.25) is 5.02 Å². The minimum atomic E-state index is -3.65. The van der Waals surface area contributed by atoms with Crippen molar-refractivity contribution in [2.24, 2.45) is 11.8 Å². The number of piperidine rings is 1. The van der Waals surface area contributed by atoms with E-state index < -0.39 is 10.0 Å². The predicted octanol–water partition coefficient (Wildman–Crippen LogP) is 2.96. The maximum Gasteiger partial charge on any atom is 0.243 e. The summed E-state index contributed by atoms with van der Waals surface area (Å²) in [6.07, 6.45) is 3.35. The summed E-state index contributed by atoms with van der Waals surface area (Å²) in [4.78, 5) is 27.0. The van der Waals surface area contributed by atoms with Crippen molar-refractivity contribution in [1.82, 2.24) is 9.21 Å². The summed E-state index contributed by atoms with van der Waals surface area (Å²) in [6.45, 7) is 5.36. The third-order valence-electron chi connectivity index (χ3n) is 5.57. The number of rotatable bonds is 7. The molecule has 1 saturated heterocycles. The van der Waals surface area contributed by atoms with Crippen molar-refractivity contribution in [1.29, 1.82) is 0 Å². The number of carbonyl (C=O) groups is 2. The Balaban J connectivity index is 1.73. The summed E-state index contributed by atoms with van der Waals surface area (Å²) in [5, 5.41) is 3.06. The number of halogens is 1. The summed E-state index contributed by atoms with van der Waals surface area (Å²) in [6, 6.07) is 4.34. The zero-order chi connectivity index (χ0) is 21.2. The van der Waals surface area contributed by atoms with Gasteiger partial charge in [0.25, 0.3) is 0 Å². The van der Waals surface area contributed by atoms with Crippen LogP contribution in [0.1, 0.15) is 39.5 Å². The first-order chi connectivity index (χ1) is 13.8. The number of sulfonamides is 1. The van der Waals surface area contributed by atoms with Crippen molar-refractivity contribution in [2.45, 2.75) is 44.4 Å². The Kier molecular flexibility index (Phi) is 6.86. The Bertz CT molecular complexity index is 882. The molecule has 0 radical (unpaired) electrons. The van der Waals surface area contributed by atoms with E-state index in [2.05, 4.69) is 5.32 Å². The molecule has 9 heteroatoms. The summed E-state index contributed by atoms with van der Waals surface area (Å²) in [5.74, 6) is -0.288. The number of benzene rings is 1. The van der Waals surface area contributed by atoms with Crippen molar-refractivity contribution in [3.8, 4) is 0 Å². The van der Waals surface area contributed by atoms with Gasteiger partial charge in [-0.15, -0.1) is 0 Å². The highest BCUT2D eigenvalue weighted by atomic mass is 35.5. The van der Waals surface area contributed by atoms with E-state index in [4.69, 9.17) is 11.6 Å². The fourth-order valence-electron chi connectivity index (χ4n) is 3.69. The number of hydrogen-bond acceptors (Lipinski definition) is 4. The monoisotopic (exact) mass is 441 g/mol. The third-order valence-corrected chi connectivity index (χ3v) is 7.94. The van der Waals surface area contributed by atoms with E-state index in [0.29, 0.717) is 32.6 Å². The number of nitrogens with zero attached hydrogens (tertiary/aromatic N) is 2. The molecule has 29 heavy (non-hydrogen) atoms. The zero-order valence-electron chi connectivity index (χ0n) is 16.9. The van der Waals surface area contributed by atoms with Crippen LogP contribution in [-0.4, -0.2) is 55.6 Å². The van der Waals surface area contributed by atoms with E-state index in [1.807, 2.05) is 0 Å². The lowest BCUT2D eigenvalue weighted by Gasteiger charge is -2.32. The summed E-state index contributed by atoms with van der Waals surface area (Å²) in [7, 11) is -3.65. The van der Waals surface area contributed by atoms with Crippen molar-refractivity contribution < 1.29 is 18.0 Å². The highest BCUT2D eigenvalue weighted by Crippen LogP contribution is 2.33. The molecule has 1 aromatic rings. The van der Waals surface area contributed by atoms with Crippen LogP contribution >= 0.6 is 11.6 Å². The maximum atomic E-state index is 12.8. The van der Waals surface area contributed by atoms with Gasteiger partial charge in [0.1, 0.15) is 0 Å². The van der Waals surface area contributed by atoms with Crippen LogP contribution in [0.15, 0.2) is 23.1 Å². The van der Waals surface area contributed by atoms with Gasteiger partial charge in [-0.05, 0) is 43.9 Å². The molecule has 1 aliphatic carbocycles. The molecule has 7 nitrogen and oxygen atoms in total. The number of amides is 2. The average molecular weight is 442 g/mol. The Morgan fingerprint density at radius 3 is 2.48 bits per heavy atom. The molecule has 1 aromatic carbocycles. The quantitative estimate of drug-likeness (QED) is 0.704. The minimum absolute atomic E-state index is 0.0927. The lowest BCUT2D eigenvalue weighted by Crippen LogP contribution is -2.44. The molecule has 1 unspecified atom stereocenters. The Morgan fingerprint density at radius 1 is 1.17 bits per heavy atom. The molecule has 1 heterocycles. The highest BCUT2D eigenvalue weighted by molar-refractivity contribution is 7.89. The van der Waals surface area contributed by atoms with Crippen LogP contribution in [0.5, 0.6) is 0 Å². The number of likely N-dealkylation sites (tertiary alicyclic amines) is 1. The molecule has 0 bridgehead atoms. The fraction of sp³-hybridized carbons (Fsp3) is 0.600. The van der Waals surface area contributed by atoms with Gasteiger partial charge < -0.3 is 10.2 Å². The number of hydrogen-bond donors (Lipinski definition) is 1. The van der Waals surface area contributed by atoms with Crippen molar-refractivity contribution in [3.63, 3.8) is 0 Å². The first kappa shape index (κ1) is 22.1. The van der Waals surface area contributed by atoms with Crippen LogP contribution < -0.4 is 5.32 Å². The standard InChI is InChI=1S/C20H28ClN3O4S/c1-3-24(4-2)29(27,28)16-9-10-17(21)18(12-16)22-19(25)15-6-5-11-23(13-15)20(26)14-7-8-14/h9-10,12,14-15H,3-8,11,13H2,1-2H3,(H,22,25). The normalized spacial score (nSPS) is 20.0. The minimum Gasteiger partial charge on any atom is -0.342 e. The van der Waals surface area contributed by atoms with Crippen LogP contribution in [0.25, 0.3) is 0 Å². The van der Waals surface area contributed by atoms with E-state index in [0.717, 1.165) is 19.3 Å². The van der Waals surface area contributed by atoms with Gasteiger partial charge in [-0.3, -0.25) is 9.59 Å². The fourth-order valence-corrected chi connectivity index (χ4v) is 5.34. The molecule has 160 valence electrons. The van der Waals surface area contributed by atoms with E-state index >= 15 is 0 Å². The molecule has 1 saturated carbocycles. The van der Waals surface area contributed by atoms with Gasteiger partial charge in [-0.2, -0.15) is 4.31 Å². The lowest BCUT2D eigenvalue weighted by molar-refractivity contribution is -0.135. The van der Waals surface area contributed by atoms with Crippen LogP contribution in [0.4, 0.5) is 5.69 Å². The molecule has 0 aromatic heterocycles. The molecular formula is C20H28ClN3O4S. The Labute approximate surface area is 177 Å². The number of anilines is 1. The summed E-state index contributed by atoms with van der Waals surface area (Å²) in [5.41, 5.74) is 0.274. The molecule has 1 N–H and O–H groups in total. The molecule has 3 rings (SSSR count). The molecular weight excluding hydrogens is 414 g/mol. The number of nitrogens with one attached hydrogen (secondary N) is 1. The van der Waals surface area contributed by atoms with Crippen molar-refractivity contribution >= 4 is 39.1 Å². The second-order valence-electron chi connectivity index (χ2n) is 7.62. The van der Waals surface area contributed by atoms with E-state index in [-0.39, 0.29) is 39.3 Å². The van der Waals surface area contributed by atoms with E-state index in [9.17, 15) is 18.0 Å². The van der Waals surface area contributed by atoms with Gasteiger partial charge in [0.2, 0.25) is 21.8 Å². The molecule has 2 aliphatic rings. The van der Waals surface area contributed by atoms with Crippen LogP contribution in [0.3, 0.4) is 0 Å². The van der Waals surface area contributed by atoms with Crippen LogP contribution in [-0.2, 0) is 19.6 Å². The maximum absolute atomic E-state index is 12.8. The first-order valence-corrected chi connectivity index (χ1v) is 12.0. The van der Waals surface area contributed by atoms with Gasteiger partial charge in [0.05, 0.1) is 21.5 Å². The van der Waals surface area contributed by atoms with Gasteiger partial charge in [-0.25, -0.2) is 8.42 Å². The predicted molar refractivity (Wildman–Crippen MR) is 112 cm³/mol. The van der Waals surface area contributed by atoms with E-state index in [1.54, 1.807) is 18.7 Å². The van der Waals surface area contributed by atoms with Gasteiger partial charge >= 0.3 is 0 Å². The smallest absolute Gasteiger partial charge is 0.243 e. The van der Waals surface area contributed by atoms with Crippen molar-refractivity contribution in [3.05, 3.63) is 23.2 Å². The second-order valence-corrected chi connectivity index (χ2v) is 9.96. The van der Waals surface area contributed by atoms with Gasteiger partial charge in [0, 0.05) is 32.1 Å². The van der Waals surface area contributed by atoms with Gasteiger partial charge in [-0.1, -0.05) is 25.4 Å². The zero-order valence-corrected chi connectivity index (χ0v) is 18.4. The largest absolute Gasteiger partial charge is 0.342 e. The molecule has 2 amide bonds. The van der Waals surface area contributed by atoms with E-state index in [1.165, 1.54) is 22.5 Å². The molecule has 1 aliphatic heterocycles. The highest BCUT2D eigenvalue weighted by Gasteiger charge is 2.36. The van der Waals surface area contributed by atoms with Gasteiger partial charge in [0.15, 0.2) is 0 Å². The first-order valence-electron chi connectivity index (χ1n) is 10.2. The SMILES string of the molecule is CCN(CC)S(=O)(=O)c1ccc(Cl)c(NC(=O)C2CCCN(C(=O)C3CC3)C2)c1. The second kappa shape index (κ2) is 9.02.